The number of nitrogens with zero attached hydrogens (tertiary/aromatic N) is 2. The van der Waals surface area contributed by atoms with Gasteiger partial charge >= 0.3 is 0 Å². The van der Waals surface area contributed by atoms with Gasteiger partial charge in [-0.05, 0) is 36.4 Å². The van der Waals surface area contributed by atoms with Gasteiger partial charge in [0.05, 0.1) is 12.0 Å². The van der Waals surface area contributed by atoms with Crippen molar-refractivity contribution in [2.24, 2.45) is 0 Å². The van der Waals surface area contributed by atoms with E-state index in [1.54, 1.807) is 25.3 Å². The number of nitro groups is 1. The number of nitro benzene ring substituents is 1. The molecule has 0 bridgehead atoms. The van der Waals surface area contributed by atoms with Gasteiger partial charge < -0.3 is 14.0 Å². The number of hydrogen-bond donors (Lipinski definition) is 0. The molecule has 0 fully saturated rings. The lowest BCUT2D eigenvalue weighted by atomic mass is 10.1. The van der Waals surface area contributed by atoms with Crippen LogP contribution in [-0.4, -0.2) is 17.2 Å². The van der Waals surface area contributed by atoms with Crippen molar-refractivity contribution >= 4 is 5.69 Å². The van der Waals surface area contributed by atoms with Gasteiger partial charge in [-0.25, -0.2) is 0 Å². The molecular formula is C17H14N2O5. The highest BCUT2D eigenvalue weighted by Gasteiger charge is 2.09. The maximum Gasteiger partial charge on any atom is 0.269 e. The Morgan fingerprint density at radius 1 is 1.08 bits per heavy atom. The maximum absolute atomic E-state index is 10.6. The van der Waals surface area contributed by atoms with Crippen molar-refractivity contribution in [3.05, 3.63) is 70.5 Å². The van der Waals surface area contributed by atoms with Crippen LogP contribution in [0.25, 0.3) is 11.3 Å². The van der Waals surface area contributed by atoms with E-state index >= 15 is 0 Å². The molecular weight excluding hydrogens is 312 g/mol. The molecule has 1 heterocycles. The van der Waals surface area contributed by atoms with Crippen molar-refractivity contribution in [2.75, 3.05) is 7.11 Å². The normalized spacial score (nSPS) is 10.4. The van der Waals surface area contributed by atoms with Crippen LogP contribution < -0.4 is 9.47 Å². The van der Waals surface area contributed by atoms with E-state index in [1.807, 2.05) is 24.3 Å². The molecule has 24 heavy (non-hydrogen) atoms. The molecule has 0 saturated carbocycles. The number of ether oxygens (including phenoxy) is 2. The summed E-state index contributed by atoms with van der Waals surface area (Å²) in [5.74, 6) is 1.84. The van der Waals surface area contributed by atoms with Crippen LogP contribution in [0, 0.1) is 10.1 Å². The van der Waals surface area contributed by atoms with Gasteiger partial charge in [-0.1, -0.05) is 5.16 Å². The lowest BCUT2D eigenvalue weighted by molar-refractivity contribution is -0.384. The summed E-state index contributed by atoms with van der Waals surface area (Å²) in [4.78, 5) is 10.1. The van der Waals surface area contributed by atoms with Crippen molar-refractivity contribution < 1.29 is 18.9 Å². The topological polar surface area (TPSA) is 87.6 Å². The van der Waals surface area contributed by atoms with E-state index in [1.165, 1.54) is 12.1 Å². The molecule has 2 aromatic carbocycles. The van der Waals surface area contributed by atoms with Gasteiger partial charge in [0.2, 0.25) is 0 Å². The third-order valence-electron chi connectivity index (χ3n) is 3.37. The van der Waals surface area contributed by atoms with E-state index in [9.17, 15) is 10.1 Å². The Hall–Kier alpha value is -3.35. The predicted octanol–water partition coefficient (Wildman–Crippen LogP) is 3.84. The minimum atomic E-state index is -0.457. The van der Waals surface area contributed by atoms with Gasteiger partial charge in [0.1, 0.15) is 23.8 Å². The number of methoxy groups -OCH3 is 1. The molecule has 0 amide bonds. The molecule has 1 aromatic heterocycles. The first kappa shape index (κ1) is 15.5. The van der Waals surface area contributed by atoms with E-state index in [4.69, 9.17) is 14.0 Å². The molecule has 122 valence electrons. The summed E-state index contributed by atoms with van der Waals surface area (Å²) in [6.45, 7) is 0.182. The summed E-state index contributed by atoms with van der Waals surface area (Å²) < 4.78 is 15.9. The van der Waals surface area contributed by atoms with E-state index in [2.05, 4.69) is 5.16 Å². The molecule has 0 aliphatic heterocycles. The molecule has 7 heteroatoms. The second-order valence-electron chi connectivity index (χ2n) is 4.95. The molecule has 3 rings (SSSR count). The van der Waals surface area contributed by atoms with Gasteiger partial charge in [0, 0.05) is 23.8 Å². The zero-order valence-electron chi connectivity index (χ0n) is 12.8. The lowest BCUT2D eigenvalue weighted by Gasteiger charge is -2.02. The molecule has 0 aliphatic carbocycles. The molecule has 7 nitrogen and oxygen atoms in total. The van der Waals surface area contributed by atoms with Gasteiger partial charge in [-0.3, -0.25) is 10.1 Å². The Bertz CT molecular complexity index is 825. The highest BCUT2D eigenvalue weighted by Crippen LogP contribution is 2.23. The summed E-state index contributed by atoms with van der Waals surface area (Å²) in [6.07, 6.45) is 0. The van der Waals surface area contributed by atoms with Crippen LogP contribution in [-0.2, 0) is 6.61 Å². The van der Waals surface area contributed by atoms with Crippen molar-refractivity contribution in [3.63, 3.8) is 0 Å². The second-order valence-corrected chi connectivity index (χ2v) is 4.95. The monoisotopic (exact) mass is 326 g/mol. The number of rotatable bonds is 6. The standard InChI is InChI=1S/C17H14N2O5/c1-22-14-6-2-12(3-7-14)17-10-16(24-18-17)11-23-15-8-4-13(5-9-15)19(20)21/h2-10H,11H2,1H3. The van der Waals surface area contributed by atoms with E-state index in [0.717, 1.165) is 11.3 Å². The molecule has 0 N–H and O–H groups in total. The van der Waals surface area contributed by atoms with E-state index in [0.29, 0.717) is 17.2 Å². The smallest absolute Gasteiger partial charge is 0.269 e. The average molecular weight is 326 g/mol. The first-order chi connectivity index (χ1) is 11.7. The van der Waals surface area contributed by atoms with Crippen LogP contribution in [0.4, 0.5) is 5.69 Å². The van der Waals surface area contributed by atoms with Crippen LogP contribution >= 0.6 is 0 Å². The summed E-state index contributed by atoms with van der Waals surface area (Å²) in [6, 6.07) is 15.1. The summed E-state index contributed by atoms with van der Waals surface area (Å²) in [7, 11) is 1.61. The fourth-order valence-corrected chi connectivity index (χ4v) is 2.10. The Morgan fingerprint density at radius 2 is 1.75 bits per heavy atom. The lowest BCUT2D eigenvalue weighted by Crippen LogP contribution is -1.94. The van der Waals surface area contributed by atoms with Gasteiger partial charge in [0.15, 0.2) is 5.76 Å². The Labute approximate surface area is 137 Å². The number of benzene rings is 2. The number of aromatic nitrogens is 1. The summed E-state index contributed by atoms with van der Waals surface area (Å²) in [5.41, 5.74) is 1.62. The van der Waals surface area contributed by atoms with Crippen molar-refractivity contribution in [3.8, 4) is 22.8 Å². The molecule has 0 radical (unpaired) electrons. The highest BCUT2D eigenvalue weighted by atomic mass is 16.6. The molecule has 3 aromatic rings. The SMILES string of the molecule is COc1ccc(-c2cc(COc3ccc([N+](=O)[O-])cc3)on2)cc1. The van der Waals surface area contributed by atoms with Gasteiger partial charge in [0.25, 0.3) is 5.69 Å². The quantitative estimate of drug-likeness (QED) is 0.505. The number of non-ortho nitro benzene ring substituents is 1. The van der Waals surface area contributed by atoms with Gasteiger partial charge in [-0.15, -0.1) is 0 Å². The average Bonchev–Trinajstić information content (AvgIpc) is 3.09. The van der Waals surface area contributed by atoms with Crippen molar-refractivity contribution in [1.82, 2.24) is 5.16 Å². The third kappa shape index (κ3) is 3.52. The molecule has 0 aliphatic rings. The largest absolute Gasteiger partial charge is 0.497 e. The van der Waals surface area contributed by atoms with Crippen LogP contribution in [0.1, 0.15) is 5.76 Å². The minimum Gasteiger partial charge on any atom is -0.497 e. The first-order valence-electron chi connectivity index (χ1n) is 7.13. The van der Waals surface area contributed by atoms with Crippen LogP contribution in [0.2, 0.25) is 0 Å². The zero-order valence-corrected chi connectivity index (χ0v) is 12.8. The minimum absolute atomic E-state index is 0.0174. The van der Waals surface area contributed by atoms with Crippen molar-refractivity contribution in [2.45, 2.75) is 6.61 Å². The third-order valence-corrected chi connectivity index (χ3v) is 3.37. The van der Waals surface area contributed by atoms with Crippen LogP contribution in [0.15, 0.2) is 59.1 Å². The Morgan fingerprint density at radius 3 is 2.38 bits per heavy atom. The predicted molar refractivity (Wildman–Crippen MR) is 85.9 cm³/mol. The highest BCUT2D eigenvalue weighted by molar-refractivity contribution is 5.59. The summed E-state index contributed by atoms with van der Waals surface area (Å²) >= 11 is 0. The van der Waals surface area contributed by atoms with Crippen LogP contribution in [0.5, 0.6) is 11.5 Å². The van der Waals surface area contributed by atoms with Crippen molar-refractivity contribution in [1.29, 1.82) is 0 Å². The first-order valence-corrected chi connectivity index (χ1v) is 7.13. The molecule has 0 spiro atoms. The molecule has 0 unspecified atom stereocenters. The summed E-state index contributed by atoms with van der Waals surface area (Å²) in [5, 5.41) is 14.6. The molecule has 0 saturated heterocycles. The fraction of sp³-hybridized carbons (Fsp3) is 0.118. The van der Waals surface area contributed by atoms with Gasteiger partial charge in [-0.2, -0.15) is 0 Å². The van der Waals surface area contributed by atoms with Crippen LogP contribution in [0.3, 0.4) is 0 Å². The maximum atomic E-state index is 10.6. The van der Waals surface area contributed by atoms with E-state index in [-0.39, 0.29) is 12.3 Å². The number of hydrogen-bond acceptors (Lipinski definition) is 6. The Kier molecular flexibility index (Phi) is 4.42. The fourth-order valence-electron chi connectivity index (χ4n) is 2.10. The van der Waals surface area contributed by atoms with E-state index < -0.39 is 4.92 Å². The zero-order chi connectivity index (χ0) is 16.9. The Balaban J connectivity index is 1.64. The second kappa shape index (κ2) is 6.82. The molecule has 0 atom stereocenters.